The maximum Gasteiger partial charge on any atom is 0.197 e. The summed E-state index contributed by atoms with van der Waals surface area (Å²) in [4.78, 5) is 8.08. The number of nitrogens with zero attached hydrogens (tertiary/aromatic N) is 4. The zero-order valence-corrected chi connectivity index (χ0v) is 12.5. The molecule has 0 unspecified atom stereocenters. The van der Waals surface area contributed by atoms with E-state index in [9.17, 15) is 0 Å². The molecular formula is C17H16N4O2. The molecule has 0 amide bonds. The van der Waals surface area contributed by atoms with E-state index in [4.69, 9.17) is 9.52 Å². The minimum atomic E-state index is 0.0246. The van der Waals surface area contributed by atoms with Crippen LogP contribution in [0.25, 0.3) is 11.3 Å². The molecular weight excluding hydrogens is 292 g/mol. The number of hydrogen-bond donors (Lipinski definition) is 1. The number of aliphatic hydroxyl groups is 1. The SMILES string of the molecule is OCCc1ncc(-c2ccc(N=NCc3ccncc3)cc2)o1. The van der Waals surface area contributed by atoms with Crippen molar-refractivity contribution in [2.75, 3.05) is 6.61 Å². The van der Waals surface area contributed by atoms with Crippen LogP contribution >= 0.6 is 0 Å². The molecule has 0 atom stereocenters. The summed E-state index contributed by atoms with van der Waals surface area (Å²) in [6.07, 6.45) is 5.55. The van der Waals surface area contributed by atoms with E-state index in [1.54, 1.807) is 18.6 Å². The fourth-order valence-corrected chi connectivity index (χ4v) is 2.03. The van der Waals surface area contributed by atoms with E-state index in [2.05, 4.69) is 20.2 Å². The van der Waals surface area contributed by atoms with Gasteiger partial charge in [0.25, 0.3) is 0 Å². The molecule has 1 aromatic carbocycles. The number of aliphatic hydroxyl groups excluding tert-OH is 1. The summed E-state index contributed by atoms with van der Waals surface area (Å²) >= 11 is 0. The zero-order valence-electron chi connectivity index (χ0n) is 12.5. The average Bonchev–Trinajstić information content (AvgIpc) is 3.06. The summed E-state index contributed by atoms with van der Waals surface area (Å²) < 4.78 is 5.56. The summed E-state index contributed by atoms with van der Waals surface area (Å²) in [6, 6.07) is 11.4. The molecule has 6 heteroatoms. The molecule has 0 saturated heterocycles. The van der Waals surface area contributed by atoms with Gasteiger partial charge in [0.15, 0.2) is 11.7 Å². The minimum absolute atomic E-state index is 0.0246. The van der Waals surface area contributed by atoms with E-state index >= 15 is 0 Å². The second-order valence-corrected chi connectivity index (χ2v) is 4.89. The van der Waals surface area contributed by atoms with Crippen LogP contribution in [-0.2, 0) is 13.0 Å². The smallest absolute Gasteiger partial charge is 0.197 e. The van der Waals surface area contributed by atoms with Gasteiger partial charge in [-0.05, 0) is 42.0 Å². The van der Waals surface area contributed by atoms with E-state index in [1.807, 2.05) is 36.4 Å². The lowest BCUT2D eigenvalue weighted by atomic mass is 10.2. The lowest BCUT2D eigenvalue weighted by Crippen LogP contribution is -1.88. The van der Waals surface area contributed by atoms with Crippen LogP contribution in [-0.4, -0.2) is 21.7 Å². The molecule has 0 saturated carbocycles. The first kappa shape index (κ1) is 15.1. The number of oxazole rings is 1. The average molecular weight is 308 g/mol. The van der Waals surface area contributed by atoms with Crippen molar-refractivity contribution in [2.45, 2.75) is 13.0 Å². The second-order valence-electron chi connectivity index (χ2n) is 4.89. The standard InChI is InChI=1S/C17H16N4O2/c22-10-7-17-19-12-16(23-17)14-1-3-15(4-2-14)21-20-11-13-5-8-18-9-6-13/h1-6,8-9,12,22H,7,10-11H2. The third-order valence-electron chi connectivity index (χ3n) is 3.22. The van der Waals surface area contributed by atoms with E-state index < -0.39 is 0 Å². The van der Waals surface area contributed by atoms with Crippen LogP contribution in [0.1, 0.15) is 11.5 Å². The zero-order chi connectivity index (χ0) is 15.9. The van der Waals surface area contributed by atoms with Crippen molar-refractivity contribution in [3.8, 4) is 11.3 Å². The van der Waals surface area contributed by atoms with Gasteiger partial charge in [0.05, 0.1) is 25.0 Å². The first-order valence-corrected chi connectivity index (χ1v) is 7.27. The molecule has 0 radical (unpaired) electrons. The highest BCUT2D eigenvalue weighted by atomic mass is 16.4. The number of azo groups is 1. The monoisotopic (exact) mass is 308 g/mol. The highest BCUT2D eigenvalue weighted by Gasteiger charge is 2.05. The van der Waals surface area contributed by atoms with Gasteiger partial charge in [-0.2, -0.15) is 10.2 Å². The van der Waals surface area contributed by atoms with Crippen LogP contribution in [0.2, 0.25) is 0 Å². The van der Waals surface area contributed by atoms with Crippen LogP contribution in [0.3, 0.4) is 0 Å². The number of hydrogen-bond acceptors (Lipinski definition) is 6. The maximum atomic E-state index is 8.87. The predicted octanol–water partition coefficient (Wildman–Crippen LogP) is 3.56. The fraction of sp³-hybridized carbons (Fsp3) is 0.176. The van der Waals surface area contributed by atoms with Gasteiger partial charge >= 0.3 is 0 Å². The summed E-state index contributed by atoms with van der Waals surface area (Å²) in [5.74, 6) is 1.21. The minimum Gasteiger partial charge on any atom is -0.441 e. The molecule has 0 fully saturated rings. The van der Waals surface area contributed by atoms with Gasteiger partial charge in [0.1, 0.15) is 0 Å². The molecule has 0 spiro atoms. The molecule has 116 valence electrons. The van der Waals surface area contributed by atoms with Crippen molar-refractivity contribution >= 4 is 5.69 Å². The molecule has 2 aromatic heterocycles. The molecule has 0 bridgehead atoms. The van der Waals surface area contributed by atoms with Crippen molar-refractivity contribution in [3.05, 3.63) is 66.4 Å². The third-order valence-corrected chi connectivity index (χ3v) is 3.22. The first-order chi connectivity index (χ1) is 11.3. The van der Waals surface area contributed by atoms with Gasteiger partial charge in [-0.15, -0.1) is 0 Å². The quantitative estimate of drug-likeness (QED) is 0.706. The highest BCUT2D eigenvalue weighted by molar-refractivity contribution is 5.59. The lowest BCUT2D eigenvalue weighted by Gasteiger charge is -1.97. The Morgan fingerprint density at radius 2 is 1.83 bits per heavy atom. The van der Waals surface area contributed by atoms with E-state index in [1.165, 1.54) is 0 Å². The Morgan fingerprint density at radius 3 is 2.57 bits per heavy atom. The summed E-state index contributed by atoms with van der Waals surface area (Å²) in [5.41, 5.74) is 2.76. The van der Waals surface area contributed by atoms with Crippen molar-refractivity contribution in [1.82, 2.24) is 9.97 Å². The van der Waals surface area contributed by atoms with Gasteiger partial charge in [-0.1, -0.05) is 0 Å². The van der Waals surface area contributed by atoms with Gasteiger partial charge in [0.2, 0.25) is 0 Å². The molecule has 3 rings (SSSR count). The summed E-state index contributed by atoms with van der Waals surface area (Å²) in [7, 11) is 0. The van der Waals surface area contributed by atoms with Crippen molar-refractivity contribution in [2.24, 2.45) is 10.2 Å². The molecule has 1 N–H and O–H groups in total. The van der Waals surface area contributed by atoms with Gasteiger partial charge in [-0.3, -0.25) is 4.98 Å². The van der Waals surface area contributed by atoms with Gasteiger partial charge < -0.3 is 9.52 Å². The number of pyridine rings is 1. The Hall–Kier alpha value is -2.86. The van der Waals surface area contributed by atoms with E-state index in [-0.39, 0.29) is 6.61 Å². The molecule has 3 aromatic rings. The third kappa shape index (κ3) is 4.08. The van der Waals surface area contributed by atoms with Crippen molar-refractivity contribution in [3.63, 3.8) is 0 Å². The number of aromatic nitrogens is 2. The molecule has 23 heavy (non-hydrogen) atoms. The topological polar surface area (TPSA) is 83.9 Å². The van der Waals surface area contributed by atoms with Crippen LogP contribution < -0.4 is 0 Å². The first-order valence-electron chi connectivity index (χ1n) is 7.27. The predicted molar refractivity (Wildman–Crippen MR) is 85.2 cm³/mol. The summed E-state index contributed by atoms with van der Waals surface area (Å²) in [6.45, 7) is 0.549. The van der Waals surface area contributed by atoms with Crippen LogP contribution in [0.15, 0.2) is 69.6 Å². The Kier molecular flexibility index (Phi) is 4.85. The number of rotatable bonds is 6. The highest BCUT2D eigenvalue weighted by Crippen LogP contribution is 2.23. The number of benzene rings is 1. The lowest BCUT2D eigenvalue weighted by molar-refractivity contribution is 0.285. The maximum absolute atomic E-state index is 8.87. The molecule has 0 aliphatic carbocycles. The second kappa shape index (κ2) is 7.42. The summed E-state index contributed by atoms with van der Waals surface area (Å²) in [5, 5.41) is 17.2. The fourth-order valence-electron chi connectivity index (χ4n) is 2.03. The van der Waals surface area contributed by atoms with Crippen LogP contribution in [0.4, 0.5) is 5.69 Å². The normalized spacial score (nSPS) is 11.2. The Morgan fingerprint density at radius 1 is 1.04 bits per heavy atom. The Labute approximate surface area is 133 Å². The Bertz CT molecular complexity index is 767. The van der Waals surface area contributed by atoms with Crippen LogP contribution in [0.5, 0.6) is 0 Å². The molecule has 2 heterocycles. The molecule has 0 aliphatic rings. The largest absolute Gasteiger partial charge is 0.441 e. The van der Waals surface area contributed by atoms with Crippen molar-refractivity contribution in [1.29, 1.82) is 0 Å². The van der Waals surface area contributed by atoms with Crippen LogP contribution in [0, 0.1) is 0 Å². The van der Waals surface area contributed by atoms with Gasteiger partial charge in [-0.25, -0.2) is 4.98 Å². The van der Waals surface area contributed by atoms with E-state index in [0.717, 1.165) is 16.8 Å². The molecule has 0 aliphatic heterocycles. The van der Waals surface area contributed by atoms with Gasteiger partial charge in [0, 0.05) is 24.4 Å². The Balaban J connectivity index is 1.64. The molecule has 6 nitrogen and oxygen atoms in total. The van der Waals surface area contributed by atoms with E-state index in [0.29, 0.717) is 24.6 Å². The van der Waals surface area contributed by atoms with Crippen molar-refractivity contribution < 1.29 is 9.52 Å².